The molecular weight excluding hydrogens is 302 g/mol. The highest BCUT2D eigenvalue weighted by molar-refractivity contribution is 5.57. The third-order valence-corrected chi connectivity index (χ3v) is 4.83. The van der Waals surface area contributed by atoms with E-state index in [2.05, 4.69) is 53.4 Å². The van der Waals surface area contributed by atoms with E-state index in [0.717, 1.165) is 42.6 Å². The Morgan fingerprint density at radius 2 is 2.00 bits per heavy atom. The average Bonchev–Trinajstić information content (AvgIpc) is 3.19. The highest BCUT2D eigenvalue weighted by Crippen LogP contribution is 2.38. The van der Waals surface area contributed by atoms with E-state index < -0.39 is 5.54 Å². The molecule has 1 fully saturated rings. The van der Waals surface area contributed by atoms with Crippen LogP contribution in [0.5, 0.6) is 0 Å². The van der Waals surface area contributed by atoms with Gasteiger partial charge < -0.3 is 10.3 Å². The molecule has 4 rings (SSSR count). The second-order valence-electron chi connectivity index (χ2n) is 6.54. The van der Waals surface area contributed by atoms with Crippen LogP contribution in [0.2, 0.25) is 0 Å². The van der Waals surface area contributed by atoms with Crippen LogP contribution in [0.25, 0.3) is 17.1 Å². The SMILES string of the molecule is CCc1c(-c2nc(C3(N)CCC3)no2)cnn1-c1ccc(C)cc1. The summed E-state index contributed by atoms with van der Waals surface area (Å²) >= 11 is 0. The van der Waals surface area contributed by atoms with Crippen molar-refractivity contribution >= 4 is 0 Å². The van der Waals surface area contributed by atoms with E-state index in [-0.39, 0.29) is 0 Å². The molecule has 1 aliphatic rings. The van der Waals surface area contributed by atoms with E-state index in [1.54, 1.807) is 6.20 Å². The molecule has 0 bridgehead atoms. The lowest BCUT2D eigenvalue weighted by molar-refractivity contribution is 0.229. The predicted molar refractivity (Wildman–Crippen MR) is 90.7 cm³/mol. The lowest BCUT2D eigenvalue weighted by Crippen LogP contribution is -2.44. The summed E-state index contributed by atoms with van der Waals surface area (Å²) in [5.41, 5.74) is 10.0. The van der Waals surface area contributed by atoms with Crippen LogP contribution in [-0.2, 0) is 12.0 Å². The maximum absolute atomic E-state index is 6.29. The zero-order valence-corrected chi connectivity index (χ0v) is 14.0. The van der Waals surface area contributed by atoms with Gasteiger partial charge in [0.15, 0.2) is 5.82 Å². The molecule has 0 atom stereocenters. The third kappa shape index (κ3) is 2.34. The van der Waals surface area contributed by atoms with Crippen LogP contribution >= 0.6 is 0 Å². The number of aromatic nitrogens is 4. The molecule has 0 spiro atoms. The van der Waals surface area contributed by atoms with Gasteiger partial charge in [0.05, 0.1) is 28.7 Å². The van der Waals surface area contributed by atoms with E-state index in [9.17, 15) is 0 Å². The van der Waals surface area contributed by atoms with Gasteiger partial charge >= 0.3 is 0 Å². The Bertz CT molecular complexity index is 858. The first kappa shape index (κ1) is 15.1. The lowest BCUT2D eigenvalue weighted by Gasteiger charge is -2.34. The second-order valence-corrected chi connectivity index (χ2v) is 6.54. The molecular formula is C18H21N5O. The molecule has 3 aromatic rings. The minimum Gasteiger partial charge on any atom is -0.334 e. The number of nitrogens with zero attached hydrogens (tertiary/aromatic N) is 4. The van der Waals surface area contributed by atoms with Gasteiger partial charge in [0, 0.05) is 0 Å². The van der Waals surface area contributed by atoms with E-state index in [1.807, 2.05) is 4.68 Å². The van der Waals surface area contributed by atoms with Gasteiger partial charge in [-0.05, 0) is 44.7 Å². The summed E-state index contributed by atoms with van der Waals surface area (Å²) in [4.78, 5) is 4.55. The van der Waals surface area contributed by atoms with Crippen molar-refractivity contribution < 1.29 is 4.52 Å². The van der Waals surface area contributed by atoms with Crippen molar-refractivity contribution in [1.29, 1.82) is 0 Å². The zero-order chi connectivity index (χ0) is 16.7. The van der Waals surface area contributed by atoms with Gasteiger partial charge in [-0.15, -0.1) is 0 Å². The summed E-state index contributed by atoms with van der Waals surface area (Å²) < 4.78 is 7.42. The van der Waals surface area contributed by atoms with Crippen molar-refractivity contribution in [3.63, 3.8) is 0 Å². The molecule has 1 aromatic carbocycles. The summed E-state index contributed by atoms with van der Waals surface area (Å²) in [5.74, 6) is 1.10. The van der Waals surface area contributed by atoms with Gasteiger partial charge in [-0.1, -0.05) is 29.8 Å². The van der Waals surface area contributed by atoms with E-state index in [4.69, 9.17) is 10.3 Å². The first-order chi connectivity index (χ1) is 11.6. The molecule has 2 heterocycles. The van der Waals surface area contributed by atoms with Gasteiger partial charge in [0.25, 0.3) is 5.89 Å². The van der Waals surface area contributed by atoms with Gasteiger partial charge in [-0.2, -0.15) is 10.1 Å². The van der Waals surface area contributed by atoms with Crippen molar-refractivity contribution in [2.45, 2.75) is 45.1 Å². The average molecular weight is 323 g/mol. The Hall–Kier alpha value is -2.47. The fourth-order valence-electron chi connectivity index (χ4n) is 3.12. The fourth-order valence-corrected chi connectivity index (χ4v) is 3.12. The maximum atomic E-state index is 6.29. The minimum absolute atomic E-state index is 0.416. The lowest BCUT2D eigenvalue weighted by atomic mass is 9.77. The van der Waals surface area contributed by atoms with E-state index in [0.29, 0.717) is 11.7 Å². The summed E-state index contributed by atoms with van der Waals surface area (Å²) in [5, 5.41) is 8.63. The van der Waals surface area contributed by atoms with Gasteiger partial charge in [0.1, 0.15) is 0 Å². The molecule has 0 aliphatic heterocycles. The molecule has 0 saturated heterocycles. The number of hydrogen-bond donors (Lipinski definition) is 1. The van der Waals surface area contributed by atoms with Crippen molar-refractivity contribution in [3.05, 3.63) is 47.5 Å². The van der Waals surface area contributed by atoms with E-state index in [1.165, 1.54) is 5.56 Å². The molecule has 0 amide bonds. The largest absolute Gasteiger partial charge is 0.334 e. The van der Waals surface area contributed by atoms with Crippen LogP contribution in [0, 0.1) is 6.92 Å². The molecule has 0 unspecified atom stereocenters. The molecule has 2 N–H and O–H groups in total. The first-order valence-electron chi connectivity index (χ1n) is 8.38. The Morgan fingerprint density at radius 1 is 1.25 bits per heavy atom. The highest BCUT2D eigenvalue weighted by atomic mass is 16.5. The molecule has 1 saturated carbocycles. The molecule has 0 radical (unpaired) electrons. The number of benzene rings is 1. The van der Waals surface area contributed by atoms with Gasteiger partial charge in [-0.3, -0.25) is 0 Å². The van der Waals surface area contributed by atoms with Crippen LogP contribution in [0.15, 0.2) is 35.0 Å². The number of hydrogen-bond acceptors (Lipinski definition) is 5. The van der Waals surface area contributed by atoms with Crippen LogP contribution < -0.4 is 5.73 Å². The summed E-state index contributed by atoms with van der Waals surface area (Å²) in [6.45, 7) is 4.17. The quantitative estimate of drug-likeness (QED) is 0.797. The molecule has 124 valence electrons. The zero-order valence-electron chi connectivity index (χ0n) is 14.0. The Balaban J connectivity index is 1.73. The number of aryl methyl sites for hydroxylation is 1. The van der Waals surface area contributed by atoms with Crippen molar-refractivity contribution in [2.75, 3.05) is 0 Å². The van der Waals surface area contributed by atoms with Crippen LogP contribution in [0.4, 0.5) is 0 Å². The van der Waals surface area contributed by atoms with Crippen LogP contribution in [0.3, 0.4) is 0 Å². The maximum Gasteiger partial charge on any atom is 0.261 e. The molecule has 24 heavy (non-hydrogen) atoms. The third-order valence-electron chi connectivity index (χ3n) is 4.83. The summed E-state index contributed by atoms with van der Waals surface area (Å²) in [6.07, 6.45) is 5.55. The highest BCUT2D eigenvalue weighted by Gasteiger charge is 2.39. The number of nitrogens with two attached hydrogens (primary N) is 1. The Labute approximate surface area is 140 Å². The smallest absolute Gasteiger partial charge is 0.261 e. The summed E-state index contributed by atoms with van der Waals surface area (Å²) in [7, 11) is 0. The molecule has 1 aliphatic carbocycles. The van der Waals surface area contributed by atoms with Crippen molar-refractivity contribution in [3.8, 4) is 17.1 Å². The van der Waals surface area contributed by atoms with Crippen LogP contribution in [0.1, 0.15) is 43.3 Å². The predicted octanol–water partition coefficient (Wildman–Crippen LogP) is 3.13. The normalized spacial score (nSPS) is 16.1. The van der Waals surface area contributed by atoms with Gasteiger partial charge in [-0.25, -0.2) is 4.68 Å². The fraction of sp³-hybridized carbons (Fsp3) is 0.389. The molecule has 6 heteroatoms. The topological polar surface area (TPSA) is 82.8 Å². The molecule has 2 aromatic heterocycles. The molecule has 6 nitrogen and oxygen atoms in total. The minimum atomic E-state index is -0.416. The standard InChI is InChI=1S/C18H21N5O/c1-3-15-14(11-20-23(15)13-7-5-12(2)6-8-13)16-21-17(22-24-16)18(19)9-4-10-18/h5-8,11H,3-4,9-10,19H2,1-2H3. The van der Waals surface area contributed by atoms with E-state index >= 15 is 0 Å². The number of rotatable bonds is 4. The van der Waals surface area contributed by atoms with Gasteiger partial charge in [0.2, 0.25) is 0 Å². The summed E-state index contributed by atoms with van der Waals surface area (Å²) in [6, 6.07) is 8.28. The first-order valence-corrected chi connectivity index (χ1v) is 8.38. The Morgan fingerprint density at radius 3 is 2.62 bits per heavy atom. The Kier molecular flexibility index (Phi) is 3.49. The van der Waals surface area contributed by atoms with Crippen molar-refractivity contribution in [2.24, 2.45) is 5.73 Å². The van der Waals surface area contributed by atoms with Crippen LogP contribution in [-0.4, -0.2) is 19.9 Å². The van der Waals surface area contributed by atoms with Crippen molar-refractivity contribution in [1.82, 2.24) is 19.9 Å². The monoisotopic (exact) mass is 323 g/mol. The second kappa shape index (κ2) is 5.56.